The van der Waals surface area contributed by atoms with Crippen LogP contribution in [0.1, 0.15) is 17.7 Å². The van der Waals surface area contributed by atoms with E-state index >= 15 is 0 Å². The summed E-state index contributed by atoms with van der Waals surface area (Å²) in [5, 5.41) is 21.5. The molecular weight excluding hydrogens is 320 g/mol. The molecule has 0 radical (unpaired) electrons. The third kappa shape index (κ3) is 5.02. The largest absolute Gasteiger partial charge is 0.508 e. The Morgan fingerprint density at radius 1 is 1.36 bits per heavy atom. The number of nitrogens with one attached hydrogen (secondary N) is 1. The van der Waals surface area contributed by atoms with Crippen molar-refractivity contribution in [2.24, 2.45) is 0 Å². The molecule has 3 rings (SSSR count). The van der Waals surface area contributed by atoms with Gasteiger partial charge in [0.25, 0.3) is 0 Å². The number of hydrogen-bond acceptors (Lipinski definition) is 6. The molecule has 1 aromatic heterocycles. The number of anilines is 1. The Morgan fingerprint density at radius 2 is 2.24 bits per heavy atom. The molecule has 2 aromatic rings. The van der Waals surface area contributed by atoms with E-state index in [1.807, 2.05) is 12.1 Å². The van der Waals surface area contributed by atoms with Crippen molar-refractivity contribution in [2.45, 2.75) is 19.0 Å². The van der Waals surface area contributed by atoms with Crippen molar-refractivity contribution >= 4 is 17.9 Å². The van der Waals surface area contributed by atoms with Gasteiger partial charge in [0.2, 0.25) is 0 Å². The SMILES string of the molecule is O=C(O)C=Cc1cnc(N[C@@H]2CCN(Cc3cccc(O)c3)C2)cn1. The number of hydrogen-bond donors (Lipinski definition) is 3. The number of aliphatic carboxylic acids is 1. The van der Waals surface area contributed by atoms with Crippen LogP contribution in [0.5, 0.6) is 5.75 Å². The minimum Gasteiger partial charge on any atom is -0.508 e. The van der Waals surface area contributed by atoms with Crippen LogP contribution in [0.3, 0.4) is 0 Å². The molecule has 1 fully saturated rings. The predicted molar refractivity (Wildman–Crippen MR) is 94.1 cm³/mol. The normalized spacial score (nSPS) is 17.8. The van der Waals surface area contributed by atoms with E-state index in [9.17, 15) is 9.90 Å². The molecule has 7 heteroatoms. The summed E-state index contributed by atoms with van der Waals surface area (Å²) in [5.41, 5.74) is 1.60. The lowest BCUT2D eigenvalue weighted by Gasteiger charge is -2.17. The van der Waals surface area contributed by atoms with Gasteiger partial charge in [0.1, 0.15) is 11.6 Å². The highest BCUT2D eigenvalue weighted by molar-refractivity contribution is 5.84. The van der Waals surface area contributed by atoms with Crippen molar-refractivity contribution in [3.63, 3.8) is 0 Å². The maximum absolute atomic E-state index is 10.5. The topological polar surface area (TPSA) is 98.6 Å². The van der Waals surface area contributed by atoms with Crippen LogP contribution >= 0.6 is 0 Å². The number of carbonyl (C=O) groups is 1. The van der Waals surface area contributed by atoms with Crippen molar-refractivity contribution < 1.29 is 15.0 Å². The van der Waals surface area contributed by atoms with Crippen molar-refractivity contribution in [3.8, 4) is 5.75 Å². The third-order valence-corrected chi connectivity index (χ3v) is 4.01. The Labute approximate surface area is 145 Å². The summed E-state index contributed by atoms with van der Waals surface area (Å²) in [6.07, 6.45) is 6.60. The van der Waals surface area contributed by atoms with Crippen molar-refractivity contribution in [3.05, 3.63) is 54.0 Å². The minimum atomic E-state index is -1.01. The molecule has 7 nitrogen and oxygen atoms in total. The Morgan fingerprint density at radius 3 is 2.96 bits per heavy atom. The van der Waals surface area contributed by atoms with Crippen LogP contribution < -0.4 is 5.32 Å². The standard InChI is InChI=1S/C18H20N4O3/c23-16-3-1-2-13(8-16)11-22-7-6-15(12-22)21-17-10-19-14(9-20-17)4-5-18(24)25/h1-5,8-10,15,23H,6-7,11-12H2,(H,20,21)(H,24,25)/t15-/m1/s1. The van der Waals surface area contributed by atoms with E-state index in [0.29, 0.717) is 17.3 Å². The Balaban J connectivity index is 1.52. The predicted octanol–water partition coefficient (Wildman–Crippen LogP) is 1.97. The van der Waals surface area contributed by atoms with Crippen LogP contribution in [-0.4, -0.2) is 50.2 Å². The second-order valence-corrected chi connectivity index (χ2v) is 6.03. The number of aromatic hydroxyl groups is 1. The van der Waals surface area contributed by atoms with Crippen LogP contribution in [0.15, 0.2) is 42.7 Å². The molecule has 130 valence electrons. The summed E-state index contributed by atoms with van der Waals surface area (Å²) in [4.78, 5) is 21.3. The number of phenols is 1. The maximum Gasteiger partial charge on any atom is 0.328 e. The fourth-order valence-electron chi connectivity index (χ4n) is 2.87. The smallest absolute Gasteiger partial charge is 0.328 e. The molecule has 1 aromatic carbocycles. The van der Waals surface area contributed by atoms with E-state index in [-0.39, 0.29) is 6.04 Å². The summed E-state index contributed by atoms with van der Waals surface area (Å²) < 4.78 is 0. The first-order chi connectivity index (χ1) is 12.1. The van der Waals surface area contributed by atoms with Crippen LogP contribution in [0.4, 0.5) is 5.82 Å². The molecule has 0 bridgehead atoms. The summed E-state index contributed by atoms with van der Waals surface area (Å²) in [6, 6.07) is 7.61. The number of aromatic nitrogens is 2. The molecule has 1 saturated heterocycles. The summed E-state index contributed by atoms with van der Waals surface area (Å²) in [5.74, 6) is -0.0443. The zero-order valence-corrected chi connectivity index (χ0v) is 13.7. The first kappa shape index (κ1) is 16.9. The van der Waals surface area contributed by atoms with Gasteiger partial charge >= 0.3 is 5.97 Å². The van der Waals surface area contributed by atoms with E-state index < -0.39 is 5.97 Å². The molecule has 0 spiro atoms. The summed E-state index contributed by atoms with van der Waals surface area (Å²) in [6.45, 7) is 2.66. The fourth-order valence-corrected chi connectivity index (χ4v) is 2.87. The number of nitrogens with zero attached hydrogens (tertiary/aromatic N) is 3. The van der Waals surface area contributed by atoms with Gasteiger partial charge in [-0.2, -0.15) is 0 Å². The number of benzene rings is 1. The van der Waals surface area contributed by atoms with Gasteiger partial charge in [-0.15, -0.1) is 0 Å². The molecule has 0 unspecified atom stereocenters. The molecule has 3 N–H and O–H groups in total. The lowest BCUT2D eigenvalue weighted by molar-refractivity contribution is -0.131. The molecule has 25 heavy (non-hydrogen) atoms. The minimum absolute atomic E-state index is 0.284. The second-order valence-electron chi connectivity index (χ2n) is 6.03. The fraction of sp³-hybridized carbons (Fsp3) is 0.278. The van der Waals surface area contributed by atoms with Crippen LogP contribution in [0, 0.1) is 0 Å². The molecule has 1 aliphatic rings. The number of likely N-dealkylation sites (tertiary alicyclic amines) is 1. The van der Waals surface area contributed by atoms with Crippen molar-refractivity contribution in [2.75, 3.05) is 18.4 Å². The Kier molecular flexibility index (Phi) is 5.25. The number of rotatable bonds is 6. The molecule has 0 aliphatic carbocycles. The van der Waals surface area contributed by atoms with E-state index in [0.717, 1.165) is 37.7 Å². The first-order valence-corrected chi connectivity index (χ1v) is 8.08. The molecule has 0 amide bonds. The number of carboxylic acids is 1. The van der Waals surface area contributed by atoms with Gasteiger partial charge in [-0.25, -0.2) is 9.78 Å². The maximum atomic E-state index is 10.5. The van der Waals surface area contributed by atoms with Crippen LogP contribution in [-0.2, 0) is 11.3 Å². The third-order valence-electron chi connectivity index (χ3n) is 4.01. The second kappa shape index (κ2) is 7.76. The van der Waals surface area contributed by atoms with Gasteiger partial charge in [-0.05, 0) is 30.2 Å². The highest BCUT2D eigenvalue weighted by Gasteiger charge is 2.22. The van der Waals surface area contributed by atoms with Gasteiger partial charge in [0.15, 0.2) is 0 Å². The number of carboxylic acid groups (broad SMARTS) is 1. The first-order valence-electron chi connectivity index (χ1n) is 8.08. The summed E-state index contributed by atoms with van der Waals surface area (Å²) in [7, 11) is 0. The van der Waals surface area contributed by atoms with E-state index in [2.05, 4.69) is 20.2 Å². The molecule has 1 atom stereocenters. The molecule has 0 saturated carbocycles. The van der Waals surface area contributed by atoms with E-state index in [4.69, 9.17) is 5.11 Å². The molecule has 2 heterocycles. The summed E-state index contributed by atoms with van der Waals surface area (Å²) >= 11 is 0. The average molecular weight is 340 g/mol. The van der Waals surface area contributed by atoms with Gasteiger partial charge in [-0.1, -0.05) is 12.1 Å². The quantitative estimate of drug-likeness (QED) is 0.691. The van der Waals surface area contributed by atoms with Gasteiger partial charge in [0, 0.05) is 31.8 Å². The van der Waals surface area contributed by atoms with Gasteiger partial charge < -0.3 is 15.5 Å². The van der Waals surface area contributed by atoms with E-state index in [1.165, 1.54) is 6.08 Å². The van der Waals surface area contributed by atoms with E-state index in [1.54, 1.807) is 24.5 Å². The van der Waals surface area contributed by atoms with Gasteiger partial charge in [-0.3, -0.25) is 9.88 Å². The van der Waals surface area contributed by atoms with Crippen molar-refractivity contribution in [1.82, 2.24) is 14.9 Å². The van der Waals surface area contributed by atoms with Crippen molar-refractivity contribution in [1.29, 1.82) is 0 Å². The lowest BCUT2D eigenvalue weighted by atomic mass is 10.2. The Bertz CT molecular complexity index is 761. The van der Waals surface area contributed by atoms with Gasteiger partial charge in [0.05, 0.1) is 18.1 Å². The monoisotopic (exact) mass is 340 g/mol. The Hall–Kier alpha value is -2.93. The van der Waals surface area contributed by atoms with Crippen LogP contribution in [0.25, 0.3) is 6.08 Å². The highest BCUT2D eigenvalue weighted by Crippen LogP contribution is 2.18. The number of phenolic OH excluding ortho intramolecular Hbond substituents is 1. The molecular formula is C18H20N4O3. The zero-order chi connectivity index (χ0) is 17.6. The zero-order valence-electron chi connectivity index (χ0n) is 13.7. The average Bonchev–Trinajstić information content (AvgIpc) is 3.01. The van der Waals surface area contributed by atoms with Crippen LogP contribution in [0.2, 0.25) is 0 Å². The highest BCUT2D eigenvalue weighted by atomic mass is 16.4. The lowest BCUT2D eigenvalue weighted by Crippen LogP contribution is -2.26. The molecule has 1 aliphatic heterocycles.